The lowest BCUT2D eigenvalue weighted by Crippen LogP contribution is -2.28. The predicted octanol–water partition coefficient (Wildman–Crippen LogP) is 4.75. The van der Waals surface area contributed by atoms with Gasteiger partial charge < -0.3 is 9.47 Å². The van der Waals surface area contributed by atoms with E-state index in [-0.39, 0.29) is 0 Å². The minimum absolute atomic E-state index is 0.512. The average molecular weight is 328 g/mol. The summed E-state index contributed by atoms with van der Waals surface area (Å²) in [5.74, 6) is 0. The van der Waals surface area contributed by atoms with Crippen molar-refractivity contribution in [3.05, 3.63) is 10.9 Å². The van der Waals surface area contributed by atoms with Crippen LogP contribution in [0.4, 0.5) is 20.3 Å². The molecule has 1 aromatic heterocycles. The van der Waals surface area contributed by atoms with Crippen LogP contribution in [0, 0.1) is 6.92 Å². The lowest BCUT2D eigenvalue weighted by molar-refractivity contribution is 0.0621. The van der Waals surface area contributed by atoms with Gasteiger partial charge in [-0.2, -0.15) is 0 Å². The van der Waals surface area contributed by atoms with Crippen molar-refractivity contribution in [1.29, 1.82) is 0 Å². The number of hydrogen-bond acceptors (Lipinski definition) is 5. The molecule has 2 amide bonds. The van der Waals surface area contributed by atoms with E-state index in [1.54, 1.807) is 41.5 Å². The molecule has 1 aromatic rings. The summed E-state index contributed by atoms with van der Waals surface area (Å²) in [4.78, 5) is 23.7. The Morgan fingerprint density at radius 1 is 0.955 bits per heavy atom. The van der Waals surface area contributed by atoms with Gasteiger partial charge in [0, 0.05) is 0 Å². The number of carbonyl (C=O) groups excluding carboxylic acids is 2. The van der Waals surface area contributed by atoms with Gasteiger partial charge in [-0.15, -0.1) is 11.3 Å². The van der Waals surface area contributed by atoms with Gasteiger partial charge in [0.1, 0.15) is 16.2 Å². The zero-order valence-corrected chi connectivity index (χ0v) is 14.9. The van der Waals surface area contributed by atoms with E-state index in [1.807, 2.05) is 12.3 Å². The summed E-state index contributed by atoms with van der Waals surface area (Å²) in [6.45, 7) is 12.5. The molecule has 0 aliphatic rings. The number of amides is 2. The summed E-state index contributed by atoms with van der Waals surface area (Å²) < 4.78 is 10.4. The van der Waals surface area contributed by atoms with Crippen LogP contribution >= 0.6 is 11.3 Å². The molecule has 0 aliphatic heterocycles. The smallest absolute Gasteiger partial charge is 0.412 e. The van der Waals surface area contributed by atoms with Crippen LogP contribution in [-0.2, 0) is 9.47 Å². The second-order valence-electron chi connectivity index (χ2n) is 6.88. The van der Waals surface area contributed by atoms with Gasteiger partial charge in [0.05, 0.1) is 5.69 Å². The highest BCUT2D eigenvalue weighted by Gasteiger charge is 2.21. The van der Waals surface area contributed by atoms with E-state index in [1.165, 1.54) is 11.3 Å². The van der Waals surface area contributed by atoms with Crippen molar-refractivity contribution in [2.45, 2.75) is 59.7 Å². The number of thiophene rings is 1. The molecule has 0 bridgehead atoms. The maximum atomic E-state index is 11.9. The largest absolute Gasteiger partial charge is 0.444 e. The standard InChI is InChI=1S/C15H24N2O4S/c1-9-8-22-11(17-13(19)21-15(5,6)7)10(9)16-12(18)20-14(2,3)4/h8H,1-7H3,(H,16,18)(H,17,19). The molecule has 124 valence electrons. The van der Waals surface area contributed by atoms with Crippen LogP contribution in [-0.4, -0.2) is 23.4 Å². The van der Waals surface area contributed by atoms with E-state index in [0.29, 0.717) is 10.7 Å². The number of aryl methyl sites for hydroxylation is 1. The van der Waals surface area contributed by atoms with Crippen LogP contribution in [0.1, 0.15) is 47.1 Å². The fourth-order valence-electron chi connectivity index (χ4n) is 1.49. The molecule has 6 nitrogen and oxygen atoms in total. The van der Waals surface area contributed by atoms with Crippen LogP contribution in [0.2, 0.25) is 0 Å². The van der Waals surface area contributed by atoms with Gasteiger partial charge in [-0.3, -0.25) is 10.6 Å². The summed E-state index contributed by atoms with van der Waals surface area (Å²) in [5.41, 5.74) is 0.175. The summed E-state index contributed by atoms with van der Waals surface area (Å²) in [6, 6.07) is 0. The van der Waals surface area contributed by atoms with E-state index in [2.05, 4.69) is 10.6 Å². The number of rotatable bonds is 2. The van der Waals surface area contributed by atoms with Crippen LogP contribution in [0.3, 0.4) is 0 Å². The number of ether oxygens (including phenoxy) is 2. The van der Waals surface area contributed by atoms with E-state index in [0.717, 1.165) is 5.56 Å². The zero-order chi connectivity index (χ0) is 17.1. The molecule has 0 spiro atoms. The minimum atomic E-state index is -0.591. The first-order chi connectivity index (χ1) is 9.87. The number of hydrogen-bond donors (Lipinski definition) is 2. The molecule has 0 saturated carbocycles. The molecule has 0 fully saturated rings. The first-order valence-corrected chi connectivity index (χ1v) is 7.83. The third kappa shape index (κ3) is 6.34. The van der Waals surface area contributed by atoms with Crippen LogP contribution < -0.4 is 10.6 Å². The second kappa shape index (κ2) is 6.56. The van der Waals surface area contributed by atoms with Crippen LogP contribution in [0.15, 0.2) is 5.38 Å². The quantitative estimate of drug-likeness (QED) is 0.821. The molecule has 1 heterocycles. The van der Waals surface area contributed by atoms with E-state index in [4.69, 9.17) is 9.47 Å². The highest BCUT2D eigenvalue weighted by Crippen LogP contribution is 2.33. The normalized spacial score (nSPS) is 11.8. The Labute approximate surface area is 135 Å². The molecule has 0 radical (unpaired) electrons. The molecular weight excluding hydrogens is 304 g/mol. The highest BCUT2D eigenvalue weighted by atomic mass is 32.1. The Balaban J connectivity index is 2.79. The van der Waals surface area contributed by atoms with Gasteiger partial charge in [0.25, 0.3) is 0 Å². The van der Waals surface area contributed by atoms with Gasteiger partial charge in [0.15, 0.2) is 0 Å². The summed E-state index contributed by atoms with van der Waals surface area (Å²) in [6.07, 6.45) is -1.14. The van der Waals surface area contributed by atoms with Gasteiger partial charge in [-0.25, -0.2) is 9.59 Å². The molecule has 0 atom stereocenters. The van der Waals surface area contributed by atoms with E-state index in [9.17, 15) is 9.59 Å². The van der Waals surface area contributed by atoms with Crippen molar-refractivity contribution >= 4 is 34.2 Å². The molecule has 0 aromatic carbocycles. The SMILES string of the molecule is Cc1csc(NC(=O)OC(C)(C)C)c1NC(=O)OC(C)(C)C. The summed E-state index contributed by atoms with van der Waals surface area (Å²) in [7, 11) is 0. The molecule has 0 saturated heterocycles. The first-order valence-electron chi connectivity index (χ1n) is 6.95. The third-order valence-electron chi connectivity index (χ3n) is 2.22. The Hall–Kier alpha value is -1.76. The maximum Gasteiger partial charge on any atom is 0.412 e. The van der Waals surface area contributed by atoms with Crippen molar-refractivity contribution in [2.75, 3.05) is 10.6 Å². The Morgan fingerprint density at radius 3 is 1.86 bits per heavy atom. The summed E-state index contributed by atoms with van der Waals surface area (Å²) >= 11 is 1.31. The Kier molecular flexibility index (Phi) is 5.45. The number of anilines is 2. The Morgan fingerprint density at radius 2 is 1.41 bits per heavy atom. The monoisotopic (exact) mass is 328 g/mol. The van der Waals surface area contributed by atoms with Crippen molar-refractivity contribution in [1.82, 2.24) is 0 Å². The van der Waals surface area contributed by atoms with Crippen molar-refractivity contribution in [3.63, 3.8) is 0 Å². The fraction of sp³-hybridized carbons (Fsp3) is 0.600. The van der Waals surface area contributed by atoms with Gasteiger partial charge in [0.2, 0.25) is 0 Å². The molecule has 0 aliphatic carbocycles. The summed E-state index contributed by atoms with van der Waals surface area (Å²) in [5, 5.41) is 7.65. The lowest BCUT2D eigenvalue weighted by Gasteiger charge is -2.21. The first kappa shape index (κ1) is 18.3. The molecule has 0 unspecified atom stereocenters. The van der Waals surface area contributed by atoms with E-state index >= 15 is 0 Å². The Bertz CT molecular complexity index is 553. The highest BCUT2D eigenvalue weighted by molar-refractivity contribution is 7.15. The average Bonchev–Trinajstić information content (AvgIpc) is 2.56. The zero-order valence-electron chi connectivity index (χ0n) is 14.1. The molecule has 1 rings (SSSR count). The maximum absolute atomic E-state index is 11.9. The second-order valence-corrected chi connectivity index (χ2v) is 7.76. The third-order valence-corrected chi connectivity index (χ3v) is 3.23. The molecule has 7 heteroatoms. The number of nitrogens with one attached hydrogen (secondary N) is 2. The number of carbonyl (C=O) groups is 2. The van der Waals surface area contributed by atoms with Crippen molar-refractivity contribution in [3.8, 4) is 0 Å². The minimum Gasteiger partial charge on any atom is -0.444 e. The molecule has 22 heavy (non-hydrogen) atoms. The fourth-order valence-corrected chi connectivity index (χ4v) is 2.38. The molecular formula is C15H24N2O4S. The van der Waals surface area contributed by atoms with Gasteiger partial charge in [-0.1, -0.05) is 0 Å². The topological polar surface area (TPSA) is 76.7 Å². The van der Waals surface area contributed by atoms with Crippen molar-refractivity contribution in [2.24, 2.45) is 0 Å². The molecule has 2 N–H and O–H groups in total. The lowest BCUT2D eigenvalue weighted by atomic mass is 10.2. The van der Waals surface area contributed by atoms with Gasteiger partial charge >= 0.3 is 12.2 Å². The van der Waals surface area contributed by atoms with Gasteiger partial charge in [-0.05, 0) is 59.4 Å². The van der Waals surface area contributed by atoms with E-state index < -0.39 is 23.4 Å². The van der Waals surface area contributed by atoms with Crippen LogP contribution in [0.5, 0.6) is 0 Å². The predicted molar refractivity (Wildman–Crippen MR) is 88.8 cm³/mol. The van der Waals surface area contributed by atoms with Crippen LogP contribution in [0.25, 0.3) is 0 Å². The van der Waals surface area contributed by atoms with Crippen molar-refractivity contribution < 1.29 is 19.1 Å².